The number of aromatic nitrogens is 3. The van der Waals surface area contributed by atoms with Gasteiger partial charge in [0.25, 0.3) is 0 Å². The molecule has 2 N–H and O–H groups in total. The Morgan fingerprint density at radius 2 is 1.80 bits per heavy atom. The van der Waals surface area contributed by atoms with Crippen molar-refractivity contribution < 1.29 is 4.74 Å². The van der Waals surface area contributed by atoms with E-state index in [1.165, 1.54) is 64.5 Å². The summed E-state index contributed by atoms with van der Waals surface area (Å²) in [7, 11) is 3.74. The van der Waals surface area contributed by atoms with Gasteiger partial charge in [0.2, 0.25) is 0 Å². The maximum Gasteiger partial charge on any atom is 0.191 e. The minimum absolute atomic E-state index is 0.273. The fourth-order valence-corrected chi connectivity index (χ4v) is 4.77. The molecule has 0 aromatic carbocycles. The van der Waals surface area contributed by atoms with Crippen LogP contribution in [0.1, 0.15) is 69.4 Å². The first kappa shape index (κ1) is 23.0. The predicted octanol–water partition coefficient (Wildman–Crippen LogP) is 2.38. The number of aryl methyl sites for hydroxylation is 1. The molecular weight excluding hydrogens is 378 g/mol. The van der Waals surface area contributed by atoms with E-state index in [1.807, 2.05) is 18.5 Å². The lowest BCUT2D eigenvalue weighted by Crippen LogP contribution is -2.59. The molecule has 1 aliphatic heterocycles. The van der Waals surface area contributed by atoms with Gasteiger partial charge >= 0.3 is 0 Å². The molecule has 0 radical (unpaired) electrons. The topological polar surface area (TPSA) is 79.6 Å². The van der Waals surface area contributed by atoms with Gasteiger partial charge in [-0.15, -0.1) is 10.2 Å². The van der Waals surface area contributed by atoms with Crippen molar-refractivity contribution in [2.45, 2.75) is 76.8 Å². The van der Waals surface area contributed by atoms with Crippen LogP contribution < -0.4 is 10.6 Å². The lowest BCUT2D eigenvalue weighted by atomic mass is 9.79. The van der Waals surface area contributed by atoms with Gasteiger partial charge in [0.15, 0.2) is 11.8 Å². The van der Waals surface area contributed by atoms with E-state index < -0.39 is 0 Å². The third kappa shape index (κ3) is 6.17. The van der Waals surface area contributed by atoms with Crippen LogP contribution in [0.2, 0.25) is 0 Å². The monoisotopic (exact) mass is 419 g/mol. The van der Waals surface area contributed by atoms with Crippen LogP contribution in [0.3, 0.4) is 0 Å². The Balaban J connectivity index is 1.66. The molecule has 8 nitrogen and oxygen atoms in total. The average molecular weight is 420 g/mol. The molecule has 1 aliphatic carbocycles. The molecule has 170 valence electrons. The summed E-state index contributed by atoms with van der Waals surface area (Å²) >= 11 is 0. The number of likely N-dealkylation sites (tertiary alicyclic amines) is 1. The van der Waals surface area contributed by atoms with E-state index in [0.717, 1.165) is 43.7 Å². The highest BCUT2D eigenvalue weighted by molar-refractivity contribution is 5.79. The Hall–Kier alpha value is -1.67. The van der Waals surface area contributed by atoms with E-state index in [1.54, 1.807) is 7.11 Å². The molecule has 8 heteroatoms. The van der Waals surface area contributed by atoms with E-state index in [-0.39, 0.29) is 5.54 Å². The largest absolute Gasteiger partial charge is 0.385 e. The highest BCUT2D eigenvalue weighted by Gasteiger charge is 2.38. The minimum Gasteiger partial charge on any atom is -0.385 e. The molecule has 30 heavy (non-hydrogen) atoms. The summed E-state index contributed by atoms with van der Waals surface area (Å²) in [5, 5.41) is 15.6. The first-order chi connectivity index (χ1) is 14.6. The van der Waals surface area contributed by atoms with Gasteiger partial charge in [-0.05, 0) is 52.1 Å². The van der Waals surface area contributed by atoms with Crippen LogP contribution in [0.4, 0.5) is 0 Å². The average Bonchev–Trinajstić information content (AvgIpc) is 3.11. The first-order valence-electron chi connectivity index (χ1n) is 11.8. The lowest BCUT2D eigenvalue weighted by Gasteiger charge is -2.48. The molecule has 0 bridgehead atoms. The third-order valence-corrected chi connectivity index (χ3v) is 6.78. The molecule has 2 aliphatic rings. The highest BCUT2D eigenvalue weighted by Crippen LogP contribution is 2.35. The molecule has 2 fully saturated rings. The van der Waals surface area contributed by atoms with Crippen molar-refractivity contribution in [3.8, 4) is 0 Å². The summed E-state index contributed by atoms with van der Waals surface area (Å²) < 4.78 is 7.20. The van der Waals surface area contributed by atoms with Crippen molar-refractivity contribution in [3.05, 3.63) is 11.6 Å². The molecule has 1 aromatic rings. The Bertz CT molecular complexity index is 660. The second-order valence-corrected chi connectivity index (χ2v) is 8.85. The Labute approximate surface area is 181 Å². The number of nitrogens with zero attached hydrogens (tertiary/aromatic N) is 5. The lowest BCUT2D eigenvalue weighted by molar-refractivity contribution is 0.0368. The second kappa shape index (κ2) is 11.6. The standard InChI is InChI=1S/C22H41N7O/c1-19-26-27-20(28(19)2)17-24-21(23-13-10-16-30-3)25-18-22(11-6-4-7-12-22)29-14-8-5-9-15-29/h4-18H2,1-3H3,(H2,23,24,25). The molecule has 1 aromatic heterocycles. The number of hydrogen-bond donors (Lipinski definition) is 2. The fourth-order valence-electron chi connectivity index (χ4n) is 4.77. The van der Waals surface area contributed by atoms with Gasteiger partial charge in [-0.2, -0.15) is 0 Å². The number of rotatable bonds is 9. The molecule has 0 spiro atoms. The molecule has 2 heterocycles. The van der Waals surface area contributed by atoms with Crippen molar-refractivity contribution in [1.82, 2.24) is 30.3 Å². The molecule has 0 atom stereocenters. The Kier molecular flexibility index (Phi) is 8.93. The van der Waals surface area contributed by atoms with E-state index >= 15 is 0 Å². The highest BCUT2D eigenvalue weighted by atomic mass is 16.5. The van der Waals surface area contributed by atoms with Crippen molar-refractivity contribution in [2.24, 2.45) is 12.0 Å². The van der Waals surface area contributed by atoms with Gasteiger partial charge in [-0.25, -0.2) is 4.99 Å². The van der Waals surface area contributed by atoms with Crippen LogP contribution in [0.15, 0.2) is 4.99 Å². The SMILES string of the molecule is COCCCNC(=NCc1nnc(C)n1C)NCC1(N2CCCCC2)CCCCC1. The van der Waals surface area contributed by atoms with Crippen LogP contribution in [-0.4, -0.2) is 71.1 Å². The van der Waals surface area contributed by atoms with Crippen molar-refractivity contribution >= 4 is 5.96 Å². The van der Waals surface area contributed by atoms with E-state index in [4.69, 9.17) is 9.73 Å². The van der Waals surface area contributed by atoms with Crippen molar-refractivity contribution in [3.63, 3.8) is 0 Å². The summed E-state index contributed by atoms with van der Waals surface area (Å²) in [6.07, 6.45) is 11.6. The van der Waals surface area contributed by atoms with E-state index in [0.29, 0.717) is 6.54 Å². The summed E-state index contributed by atoms with van der Waals surface area (Å²) in [4.78, 5) is 7.61. The van der Waals surface area contributed by atoms with Crippen LogP contribution in [0.25, 0.3) is 0 Å². The summed E-state index contributed by atoms with van der Waals surface area (Å²) in [5.41, 5.74) is 0.273. The number of nitrogens with one attached hydrogen (secondary N) is 2. The smallest absolute Gasteiger partial charge is 0.191 e. The quantitative estimate of drug-likeness (QED) is 0.363. The zero-order valence-electron chi connectivity index (χ0n) is 19.3. The summed E-state index contributed by atoms with van der Waals surface area (Å²) in [6, 6.07) is 0. The van der Waals surface area contributed by atoms with Gasteiger partial charge in [0.1, 0.15) is 12.4 Å². The molecule has 1 saturated carbocycles. The van der Waals surface area contributed by atoms with Gasteiger partial charge < -0.3 is 19.9 Å². The minimum atomic E-state index is 0.273. The van der Waals surface area contributed by atoms with Crippen molar-refractivity contribution in [2.75, 3.05) is 39.9 Å². The number of aliphatic imine (C=N–C) groups is 1. The molecular formula is C22H41N7O. The first-order valence-corrected chi connectivity index (χ1v) is 11.8. The molecule has 1 saturated heterocycles. The normalized spacial score (nSPS) is 20.3. The van der Waals surface area contributed by atoms with Crippen LogP contribution in [-0.2, 0) is 18.3 Å². The van der Waals surface area contributed by atoms with Gasteiger partial charge in [-0.1, -0.05) is 25.7 Å². The van der Waals surface area contributed by atoms with Crippen LogP contribution >= 0.6 is 0 Å². The van der Waals surface area contributed by atoms with Gasteiger partial charge in [0, 0.05) is 39.4 Å². The Morgan fingerprint density at radius 3 is 2.47 bits per heavy atom. The molecule has 0 amide bonds. The fraction of sp³-hybridized carbons (Fsp3) is 0.864. The molecule has 3 rings (SSSR count). The van der Waals surface area contributed by atoms with E-state index in [2.05, 4.69) is 25.7 Å². The van der Waals surface area contributed by atoms with Crippen LogP contribution in [0, 0.1) is 6.92 Å². The van der Waals surface area contributed by atoms with E-state index in [9.17, 15) is 0 Å². The van der Waals surface area contributed by atoms with Gasteiger partial charge in [0.05, 0.1) is 0 Å². The number of hydrogen-bond acceptors (Lipinski definition) is 5. The molecule has 0 unspecified atom stereocenters. The van der Waals surface area contributed by atoms with Crippen LogP contribution in [0.5, 0.6) is 0 Å². The maximum atomic E-state index is 5.19. The van der Waals surface area contributed by atoms with Crippen molar-refractivity contribution in [1.29, 1.82) is 0 Å². The zero-order chi connectivity index (χ0) is 21.2. The summed E-state index contributed by atoms with van der Waals surface area (Å²) in [6.45, 7) is 7.53. The second-order valence-electron chi connectivity index (χ2n) is 8.85. The zero-order valence-corrected chi connectivity index (χ0v) is 19.3. The van der Waals surface area contributed by atoms with Gasteiger partial charge in [-0.3, -0.25) is 4.90 Å². The number of methoxy groups -OCH3 is 1. The summed E-state index contributed by atoms with van der Waals surface area (Å²) in [5.74, 6) is 2.66. The predicted molar refractivity (Wildman–Crippen MR) is 121 cm³/mol. The number of ether oxygens (including phenoxy) is 1. The number of guanidine groups is 1. The number of piperidine rings is 1. The third-order valence-electron chi connectivity index (χ3n) is 6.78. The Morgan fingerprint density at radius 1 is 1.07 bits per heavy atom. The maximum absolute atomic E-state index is 5.19.